The number of benzene rings is 3. The van der Waals surface area contributed by atoms with Crippen LogP contribution in [0.15, 0.2) is 54.6 Å². The van der Waals surface area contributed by atoms with Gasteiger partial charge in [-0.2, -0.15) is 0 Å². The Morgan fingerprint density at radius 2 is 1.98 bits per heavy atom. The lowest BCUT2D eigenvalue weighted by Crippen LogP contribution is -2.28. The molecule has 2 aromatic heterocycles. The van der Waals surface area contributed by atoms with Crippen molar-refractivity contribution in [1.29, 1.82) is 5.41 Å². The summed E-state index contributed by atoms with van der Waals surface area (Å²) in [6, 6.07) is 15.3. The van der Waals surface area contributed by atoms with E-state index < -0.39 is 5.97 Å². The fourth-order valence-corrected chi connectivity index (χ4v) is 4.83. The van der Waals surface area contributed by atoms with Gasteiger partial charge in [0.25, 0.3) is 5.91 Å². The molecule has 7 N–H and O–H groups in total. The van der Waals surface area contributed by atoms with Gasteiger partial charge in [-0.1, -0.05) is 17.7 Å². The number of amides is 1. The van der Waals surface area contributed by atoms with Crippen molar-refractivity contribution in [2.45, 2.75) is 12.8 Å². The number of ether oxygens (including phenoxy) is 1. The number of carboxylic acids is 1. The zero-order valence-corrected chi connectivity index (χ0v) is 22.9. The number of carboxylic acid groups (broad SMARTS) is 1. The minimum atomic E-state index is -1.19. The second kappa shape index (κ2) is 11.2. The minimum absolute atomic E-state index is 0.0613. The van der Waals surface area contributed by atoms with Crippen molar-refractivity contribution >= 4 is 57.2 Å². The van der Waals surface area contributed by atoms with Crippen molar-refractivity contribution in [3.8, 4) is 5.75 Å². The Labute approximate surface area is 239 Å². The highest BCUT2D eigenvalue weighted by molar-refractivity contribution is 6.33. The van der Waals surface area contributed by atoms with E-state index in [-0.39, 0.29) is 47.3 Å². The van der Waals surface area contributed by atoms with Crippen molar-refractivity contribution in [1.82, 2.24) is 24.8 Å². The van der Waals surface area contributed by atoms with Crippen LogP contribution in [0.5, 0.6) is 5.75 Å². The van der Waals surface area contributed by atoms with Crippen molar-refractivity contribution in [3.05, 3.63) is 82.4 Å². The Kier molecular flexibility index (Phi) is 7.49. The number of nitrogens with zero attached hydrogens (tertiary/aromatic N) is 3. The van der Waals surface area contributed by atoms with Crippen LogP contribution in [0, 0.1) is 5.41 Å². The SMILES string of the molecule is CC(c1nc2cc(NC(=N)N)ccc2[nH]1)c1nc2ccc(C(=O)NCCOc3cccc(Cl)c3C(=O)O)cc2n1C. The topological polar surface area (TPSA) is 184 Å². The first-order valence-electron chi connectivity index (χ1n) is 12.6. The predicted octanol–water partition coefficient (Wildman–Crippen LogP) is 4.07. The minimum Gasteiger partial charge on any atom is -0.491 e. The number of aromatic amines is 1. The van der Waals surface area contributed by atoms with Gasteiger partial charge in [0.15, 0.2) is 5.96 Å². The molecule has 41 heavy (non-hydrogen) atoms. The van der Waals surface area contributed by atoms with E-state index in [1.165, 1.54) is 12.1 Å². The molecule has 0 saturated carbocycles. The molecule has 2 heterocycles. The van der Waals surface area contributed by atoms with E-state index in [0.717, 1.165) is 33.7 Å². The molecular formula is C28H27ClN8O4. The van der Waals surface area contributed by atoms with Gasteiger partial charge in [-0.15, -0.1) is 0 Å². The van der Waals surface area contributed by atoms with E-state index in [1.807, 2.05) is 36.7 Å². The number of carbonyl (C=O) groups is 2. The van der Waals surface area contributed by atoms with Gasteiger partial charge < -0.3 is 35.8 Å². The number of nitrogens with two attached hydrogens (primary N) is 1. The van der Waals surface area contributed by atoms with Gasteiger partial charge in [-0.25, -0.2) is 14.8 Å². The summed E-state index contributed by atoms with van der Waals surface area (Å²) in [6.07, 6.45) is 0. The number of carbonyl (C=O) groups excluding carboxylic acids is 1. The highest BCUT2D eigenvalue weighted by Gasteiger charge is 2.21. The van der Waals surface area contributed by atoms with E-state index >= 15 is 0 Å². The summed E-state index contributed by atoms with van der Waals surface area (Å²) in [6.45, 7) is 2.22. The molecule has 12 nitrogen and oxygen atoms in total. The lowest BCUT2D eigenvalue weighted by molar-refractivity contribution is 0.0691. The Morgan fingerprint density at radius 3 is 2.73 bits per heavy atom. The van der Waals surface area contributed by atoms with Crippen LogP contribution in [0.1, 0.15) is 45.2 Å². The third-order valence-corrected chi connectivity index (χ3v) is 6.90. The van der Waals surface area contributed by atoms with Crippen LogP contribution in [0.3, 0.4) is 0 Å². The fraction of sp³-hybridized carbons (Fsp3) is 0.179. The van der Waals surface area contributed by atoms with Crippen molar-refractivity contribution in [2.75, 3.05) is 18.5 Å². The number of hydrogen-bond acceptors (Lipinski definition) is 6. The summed E-state index contributed by atoms with van der Waals surface area (Å²) >= 11 is 5.97. The van der Waals surface area contributed by atoms with Gasteiger partial charge >= 0.3 is 5.97 Å². The second-order valence-corrected chi connectivity index (χ2v) is 9.78. The van der Waals surface area contributed by atoms with Crippen molar-refractivity contribution in [3.63, 3.8) is 0 Å². The lowest BCUT2D eigenvalue weighted by Gasteiger charge is -2.11. The maximum Gasteiger partial charge on any atom is 0.341 e. The molecule has 210 valence electrons. The Bertz CT molecular complexity index is 1810. The number of aromatic nitrogens is 4. The molecule has 1 atom stereocenters. The normalized spacial score (nSPS) is 11.9. The molecule has 0 aliphatic carbocycles. The number of aromatic carboxylic acids is 1. The monoisotopic (exact) mass is 574 g/mol. The molecule has 0 saturated heterocycles. The molecule has 0 spiro atoms. The van der Waals surface area contributed by atoms with Crippen molar-refractivity contribution < 1.29 is 19.4 Å². The Balaban J connectivity index is 1.28. The van der Waals surface area contributed by atoms with Crippen molar-refractivity contribution in [2.24, 2.45) is 12.8 Å². The molecule has 1 unspecified atom stereocenters. The summed E-state index contributed by atoms with van der Waals surface area (Å²) in [4.78, 5) is 37.1. The molecule has 13 heteroatoms. The number of imidazole rings is 2. The molecule has 5 rings (SSSR count). The second-order valence-electron chi connectivity index (χ2n) is 9.37. The molecule has 5 aromatic rings. The number of H-pyrrole nitrogens is 1. The Morgan fingerprint density at radius 1 is 1.17 bits per heavy atom. The zero-order valence-electron chi connectivity index (χ0n) is 22.2. The van der Waals surface area contributed by atoms with Gasteiger partial charge in [0, 0.05) is 18.3 Å². The predicted molar refractivity (Wildman–Crippen MR) is 156 cm³/mol. The van der Waals surface area contributed by atoms with Crippen LogP contribution in [0.25, 0.3) is 22.1 Å². The number of aryl methyl sites for hydroxylation is 1. The first-order chi connectivity index (χ1) is 19.6. The number of hydrogen-bond donors (Lipinski definition) is 6. The maximum absolute atomic E-state index is 12.8. The average molecular weight is 575 g/mol. The average Bonchev–Trinajstić information content (AvgIpc) is 3.50. The molecule has 0 radical (unpaired) electrons. The molecule has 0 bridgehead atoms. The standard InChI is InChI=1S/C28H27ClN8O4/c1-14(24-34-18-9-7-16(33-28(30)31)13-20(18)35-24)25-36-19-8-6-15(12-21(19)37(25)2)26(38)32-10-11-41-22-5-3-4-17(29)23(22)27(39)40/h3-9,12-14H,10-11H2,1-2H3,(H,32,38)(H,34,35)(H,39,40)(H4,30,31,33). The van der Waals surface area contributed by atoms with Crippen LogP contribution in [0.2, 0.25) is 5.02 Å². The van der Waals surface area contributed by atoms with E-state index in [2.05, 4.69) is 15.6 Å². The number of rotatable bonds is 9. The summed E-state index contributed by atoms with van der Waals surface area (Å²) < 4.78 is 7.48. The smallest absolute Gasteiger partial charge is 0.341 e. The third kappa shape index (κ3) is 5.63. The van der Waals surface area contributed by atoms with Gasteiger partial charge in [0.05, 0.1) is 39.6 Å². The summed E-state index contributed by atoms with van der Waals surface area (Å²) in [5.41, 5.74) is 9.52. The number of anilines is 1. The summed E-state index contributed by atoms with van der Waals surface area (Å²) in [5, 5.41) is 22.4. The molecule has 0 fully saturated rings. The van der Waals surface area contributed by atoms with Crippen LogP contribution < -0.4 is 21.1 Å². The van der Waals surface area contributed by atoms with E-state index in [0.29, 0.717) is 11.3 Å². The van der Waals surface area contributed by atoms with Crippen LogP contribution in [0.4, 0.5) is 5.69 Å². The third-order valence-electron chi connectivity index (χ3n) is 6.59. The van der Waals surface area contributed by atoms with Crippen LogP contribution in [-0.4, -0.2) is 55.6 Å². The largest absolute Gasteiger partial charge is 0.491 e. The summed E-state index contributed by atoms with van der Waals surface area (Å²) in [7, 11) is 1.89. The molecule has 0 aliphatic heterocycles. The van der Waals surface area contributed by atoms with Gasteiger partial charge in [0.1, 0.15) is 29.6 Å². The summed E-state index contributed by atoms with van der Waals surface area (Å²) in [5.74, 6) is -0.200. The molecule has 0 aliphatic rings. The fourth-order valence-electron chi connectivity index (χ4n) is 4.58. The molecular weight excluding hydrogens is 548 g/mol. The first kappa shape index (κ1) is 27.5. The first-order valence-corrected chi connectivity index (χ1v) is 13.0. The van der Waals surface area contributed by atoms with E-state index in [1.54, 1.807) is 24.3 Å². The maximum atomic E-state index is 12.8. The Hall–Kier alpha value is -5.10. The van der Waals surface area contributed by atoms with Crippen LogP contribution in [-0.2, 0) is 7.05 Å². The number of halogens is 1. The number of fused-ring (bicyclic) bond motifs is 2. The van der Waals surface area contributed by atoms with Gasteiger partial charge in [-0.3, -0.25) is 10.2 Å². The highest BCUT2D eigenvalue weighted by atomic mass is 35.5. The zero-order chi connectivity index (χ0) is 29.3. The highest BCUT2D eigenvalue weighted by Crippen LogP contribution is 2.28. The van der Waals surface area contributed by atoms with Crippen LogP contribution >= 0.6 is 11.6 Å². The quantitative estimate of drug-likeness (QED) is 0.0864. The lowest BCUT2D eigenvalue weighted by atomic mass is 10.1. The number of nitrogens with one attached hydrogen (secondary N) is 4. The molecule has 1 amide bonds. The van der Waals surface area contributed by atoms with E-state index in [9.17, 15) is 14.7 Å². The van der Waals surface area contributed by atoms with Gasteiger partial charge in [0.2, 0.25) is 0 Å². The number of guanidine groups is 1. The van der Waals surface area contributed by atoms with E-state index in [4.69, 9.17) is 37.4 Å². The molecule has 3 aromatic carbocycles. The van der Waals surface area contributed by atoms with Gasteiger partial charge in [-0.05, 0) is 55.5 Å².